The van der Waals surface area contributed by atoms with E-state index in [0.717, 1.165) is 11.3 Å². The maximum atomic E-state index is 5.50. The summed E-state index contributed by atoms with van der Waals surface area (Å²) in [5.41, 5.74) is 12.7. The van der Waals surface area contributed by atoms with E-state index in [1.807, 2.05) is 6.92 Å². The van der Waals surface area contributed by atoms with Gasteiger partial charge in [-0.05, 0) is 12.5 Å². The number of hydrogen-bond donors (Lipinski definition) is 2. The lowest BCUT2D eigenvalue weighted by atomic mass is 10.2. The van der Waals surface area contributed by atoms with Crippen LogP contribution >= 0.6 is 0 Å². The molecule has 1 aromatic heterocycles. The van der Waals surface area contributed by atoms with Gasteiger partial charge < -0.3 is 5.73 Å². The number of H-pyrrole nitrogens is 1. The maximum absolute atomic E-state index is 5.50. The van der Waals surface area contributed by atoms with Gasteiger partial charge in [-0.3, -0.25) is 5.73 Å². The quantitative estimate of drug-likeness (QED) is 0.510. The molecule has 48 valence electrons. The SMILES string of the molecule is Cc1cc(N)[nH+]cc1N. The number of nitrogens with one attached hydrogen (secondary N) is 1. The summed E-state index contributed by atoms with van der Waals surface area (Å²) in [6.45, 7) is 1.92. The Bertz CT molecular complexity index is 220. The Morgan fingerprint density at radius 3 is 2.56 bits per heavy atom. The Kier molecular flexibility index (Phi) is 1.26. The molecular formula is C6H10N3+. The molecule has 0 aliphatic heterocycles. The first-order chi connectivity index (χ1) is 4.20. The van der Waals surface area contributed by atoms with E-state index < -0.39 is 0 Å². The van der Waals surface area contributed by atoms with Crippen molar-refractivity contribution in [3.8, 4) is 0 Å². The zero-order chi connectivity index (χ0) is 6.85. The molecule has 0 aromatic carbocycles. The van der Waals surface area contributed by atoms with Gasteiger partial charge in [-0.15, -0.1) is 0 Å². The first kappa shape index (κ1) is 5.88. The molecule has 0 amide bonds. The lowest BCUT2D eigenvalue weighted by molar-refractivity contribution is -0.359. The van der Waals surface area contributed by atoms with E-state index in [1.54, 1.807) is 12.3 Å². The zero-order valence-corrected chi connectivity index (χ0v) is 5.31. The molecule has 1 rings (SSSR count). The lowest BCUT2D eigenvalue weighted by Gasteiger charge is -1.93. The Labute approximate surface area is 53.7 Å². The highest BCUT2D eigenvalue weighted by molar-refractivity contribution is 5.45. The zero-order valence-electron chi connectivity index (χ0n) is 5.31. The first-order valence-corrected chi connectivity index (χ1v) is 2.73. The van der Waals surface area contributed by atoms with E-state index in [2.05, 4.69) is 4.98 Å². The van der Waals surface area contributed by atoms with Crippen LogP contribution in [0.25, 0.3) is 0 Å². The Balaban J connectivity index is 3.17. The number of nitrogen functional groups attached to an aromatic ring is 2. The van der Waals surface area contributed by atoms with Crippen LogP contribution < -0.4 is 16.5 Å². The molecule has 0 radical (unpaired) electrons. The number of aromatic nitrogens is 1. The molecule has 5 N–H and O–H groups in total. The summed E-state index contributed by atoms with van der Waals surface area (Å²) in [7, 11) is 0. The molecule has 0 saturated heterocycles. The topological polar surface area (TPSA) is 66.2 Å². The first-order valence-electron chi connectivity index (χ1n) is 2.73. The lowest BCUT2D eigenvalue weighted by Crippen LogP contribution is -2.11. The Morgan fingerprint density at radius 2 is 2.11 bits per heavy atom. The van der Waals surface area contributed by atoms with Gasteiger partial charge in [0.05, 0.1) is 5.69 Å². The molecule has 3 heteroatoms. The molecule has 0 saturated carbocycles. The van der Waals surface area contributed by atoms with Crippen LogP contribution in [0.4, 0.5) is 11.5 Å². The highest BCUT2D eigenvalue weighted by Crippen LogP contribution is 2.06. The van der Waals surface area contributed by atoms with Gasteiger partial charge in [0.15, 0.2) is 0 Å². The fourth-order valence-electron chi connectivity index (χ4n) is 0.633. The predicted octanol–water partition coefficient (Wildman–Crippen LogP) is -0.0265. The highest BCUT2D eigenvalue weighted by Gasteiger charge is 1.96. The summed E-state index contributed by atoms with van der Waals surface area (Å²) in [6, 6.07) is 1.80. The molecule has 1 aromatic rings. The number of rotatable bonds is 0. The van der Waals surface area contributed by atoms with Crippen molar-refractivity contribution in [1.82, 2.24) is 0 Å². The monoisotopic (exact) mass is 124 g/mol. The normalized spacial score (nSPS) is 9.44. The van der Waals surface area contributed by atoms with Gasteiger partial charge in [0.1, 0.15) is 6.20 Å². The molecule has 0 unspecified atom stereocenters. The maximum Gasteiger partial charge on any atom is 0.270 e. The van der Waals surface area contributed by atoms with Crippen LogP contribution in [-0.4, -0.2) is 0 Å². The standard InChI is InChI=1S/C6H9N3/c1-4-2-6(8)9-3-5(4)7/h2-3H,7H2,1H3,(H2,8,9)/p+1. The average molecular weight is 124 g/mol. The number of pyridine rings is 1. The largest absolute Gasteiger partial charge is 0.396 e. The minimum atomic E-state index is 0.640. The van der Waals surface area contributed by atoms with Gasteiger partial charge in [0.2, 0.25) is 0 Å². The van der Waals surface area contributed by atoms with Crippen LogP contribution in [0, 0.1) is 6.92 Å². The van der Waals surface area contributed by atoms with E-state index in [1.165, 1.54) is 0 Å². The van der Waals surface area contributed by atoms with Gasteiger partial charge in [0, 0.05) is 6.07 Å². The molecule has 0 bridgehead atoms. The summed E-state index contributed by atoms with van der Waals surface area (Å²) in [4.78, 5) is 2.79. The van der Waals surface area contributed by atoms with Crippen molar-refractivity contribution >= 4 is 11.5 Å². The van der Waals surface area contributed by atoms with Crippen LogP contribution in [0.3, 0.4) is 0 Å². The minimum Gasteiger partial charge on any atom is -0.396 e. The smallest absolute Gasteiger partial charge is 0.270 e. The third-order valence-corrected chi connectivity index (χ3v) is 1.22. The summed E-state index contributed by atoms with van der Waals surface area (Å²) < 4.78 is 0. The van der Waals surface area contributed by atoms with Crippen molar-refractivity contribution in [3.05, 3.63) is 17.8 Å². The van der Waals surface area contributed by atoms with Crippen molar-refractivity contribution in [1.29, 1.82) is 0 Å². The number of aryl methyl sites for hydroxylation is 1. The van der Waals surface area contributed by atoms with Crippen molar-refractivity contribution in [2.24, 2.45) is 0 Å². The van der Waals surface area contributed by atoms with Crippen molar-refractivity contribution in [2.45, 2.75) is 6.92 Å². The van der Waals surface area contributed by atoms with E-state index in [-0.39, 0.29) is 0 Å². The van der Waals surface area contributed by atoms with Crippen LogP contribution in [0.1, 0.15) is 5.56 Å². The van der Waals surface area contributed by atoms with Crippen molar-refractivity contribution < 1.29 is 4.98 Å². The molecule has 0 atom stereocenters. The summed E-state index contributed by atoms with van der Waals surface area (Å²) in [5, 5.41) is 0. The second-order valence-corrected chi connectivity index (χ2v) is 2.03. The number of hydrogen-bond acceptors (Lipinski definition) is 2. The van der Waals surface area contributed by atoms with Crippen molar-refractivity contribution in [2.75, 3.05) is 11.5 Å². The molecule has 0 spiro atoms. The highest BCUT2D eigenvalue weighted by atomic mass is 14.8. The van der Waals surface area contributed by atoms with E-state index >= 15 is 0 Å². The molecule has 0 aliphatic rings. The average Bonchev–Trinajstić information content (AvgIpc) is 1.80. The van der Waals surface area contributed by atoms with E-state index in [4.69, 9.17) is 11.5 Å². The van der Waals surface area contributed by atoms with Gasteiger partial charge >= 0.3 is 0 Å². The van der Waals surface area contributed by atoms with Gasteiger partial charge in [-0.25, -0.2) is 4.98 Å². The molecule has 0 fully saturated rings. The number of nitrogens with two attached hydrogens (primary N) is 2. The molecule has 0 aliphatic carbocycles. The second-order valence-electron chi connectivity index (χ2n) is 2.03. The second kappa shape index (κ2) is 1.93. The van der Waals surface area contributed by atoms with Crippen LogP contribution in [0.2, 0.25) is 0 Å². The van der Waals surface area contributed by atoms with Gasteiger partial charge in [0.25, 0.3) is 5.82 Å². The molecule has 3 nitrogen and oxygen atoms in total. The van der Waals surface area contributed by atoms with Gasteiger partial charge in [-0.1, -0.05) is 0 Å². The third kappa shape index (κ3) is 1.10. The summed E-state index contributed by atoms with van der Waals surface area (Å²) in [5.74, 6) is 0.640. The summed E-state index contributed by atoms with van der Waals surface area (Å²) in [6.07, 6.45) is 1.69. The van der Waals surface area contributed by atoms with Crippen LogP contribution in [0.5, 0.6) is 0 Å². The number of anilines is 2. The fourth-order valence-corrected chi connectivity index (χ4v) is 0.633. The fraction of sp³-hybridized carbons (Fsp3) is 0.167. The summed E-state index contributed by atoms with van der Waals surface area (Å²) >= 11 is 0. The minimum absolute atomic E-state index is 0.640. The van der Waals surface area contributed by atoms with E-state index in [0.29, 0.717) is 5.82 Å². The van der Waals surface area contributed by atoms with Crippen molar-refractivity contribution in [3.63, 3.8) is 0 Å². The van der Waals surface area contributed by atoms with Crippen LogP contribution in [0.15, 0.2) is 12.3 Å². The Hall–Kier alpha value is -1.25. The van der Waals surface area contributed by atoms with E-state index in [9.17, 15) is 0 Å². The Morgan fingerprint density at radius 1 is 1.44 bits per heavy atom. The molecular weight excluding hydrogens is 114 g/mol. The predicted molar refractivity (Wildman–Crippen MR) is 36.6 cm³/mol. The molecule has 1 heterocycles. The van der Waals surface area contributed by atoms with Crippen LogP contribution in [-0.2, 0) is 0 Å². The third-order valence-electron chi connectivity index (χ3n) is 1.22. The number of aromatic amines is 1. The molecule has 9 heavy (non-hydrogen) atoms. The van der Waals surface area contributed by atoms with Gasteiger partial charge in [-0.2, -0.15) is 0 Å².